The van der Waals surface area contributed by atoms with E-state index < -0.39 is 17.5 Å². The Balaban J connectivity index is 2.92. The zero-order valence-corrected chi connectivity index (χ0v) is 11.7. The number of ether oxygens (including phenoxy) is 1. The largest absolute Gasteiger partial charge is 0.494 e. The summed E-state index contributed by atoms with van der Waals surface area (Å²) in [6, 6.07) is 4.97. The highest BCUT2D eigenvalue weighted by Crippen LogP contribution is 2.24. The first kappa shape index (κ1) is 14.9. The van der Waals surface area contributed by atoms with E-state index in [9.17, 15) is 9.50 Å². The van der Waals surface area contributed by atoms with Gasteiger partial charge in [0.15, 0.2) is 11.6 Å². The number of methoxy groups -OCH3 is 1. The number of benzene rings is 1. The summed E-state index contributed by atoms with van der Waals surface area (Å²) in [5.74, 6) is -0.184. The number of aliphatic hydroxyl groups is 1. The van der Waals surface area contributed by atoms with Crippen molar-refractivity contribution in [1.82, 2.24) is 4.90 Å². The van der Waals surface area contributed by atoms with Crippen LogP contribution in [0.1, 0.15) is 19.4 Å². The van der Waals surface area contributed by atoms with Crippen LogP contribution in [-0.2, 0) is 6.42 Å². The second-order valence-corrected chi connectivity index (χ2v) is 5.20. The molecule has 0 aliphatic carbocycles. The van der Waals surface area contributed by atoms with Gasteiger partial charge in [0.1, 0.15) is 0 Å². The molecule has 0 radical (unpaired) electrons. The smallest absolute Gasteiger partial charge is 0.168 e. The van der Waals surface area contributed by atoms with E-state index in [1.165, 1.54) is 7.11 Å². The zero-order valence-electron chi connectivity index (χ0n) is 11.7. The zero-order chi connectivity index (χ0) is 13.9. The van der Waals surface area contributed by atoms with Gasteiger partial charge in [0.25, 0.3) is 0 Å². The molecule has 0 saturated carbocycles. The van der Waals surface area contributed by atoms with E-state index in [-0.39, 0.29) is 12.2 Å². The van der Waals surface area contributed by atoms with Crippen molar-refractivity contribution >= 4 is 0 Å². The lowest BCUT2D eigenvalue weighted by Crippen LogP contribution is -2.49. The maximum Gasteiger partial charge on any atom is 0.168 e. The number of likely N-dealkylation sites (N-methyl/N-ethyl adjacent to an activating group) is 1. The summed E-state index contributed by atoms with van der Waals surface area (Å²) in [7, 11) is 5.22. The molecule has 0 aliphatic heterocycles. The van der Waals surface area contributed by atoms with Crippen molar-refractivity contribution < 1.29 is 14.2 Å². The molecule has 1 atom stereocenters. The number of hydrogen-bond donors (Lipinski definition) is 1. The Kier molecular flexibility index (Phi) is 4.71. The van der Waals surface area contributed by atoms with E-state index in [1.807, 2.05) is 32.8 Å². The molecule has 0 spiro atoms. The molecule has 1 aromatic rings. The van der Waals surface area contributed by atoms with E-state index in [0.717, 1.165) is 0 Å². The minimum atomic E-state index is -0.658. The van der Waals surface area contributed by atoms with Crippen molar-refractivity contribution in [3.63, 3.8) is 0 Å². The normalized spacial score (nSPS) is 13.8. The lowest BCUT2D eigenvalue weighted by atomic mass is 9.90. The molecule has 4 heteroatoms. The maximum absolute atomic E-state index is 14.0. The van der Waals surface area contributed by atoms with Gasteiger partial charge in [0.2, 0.25) is 0 Å². The number of nitrogens with zero attached hydrogens (tertiary/aromatic N) is 1. The van der Waals surface area contributed by atoms with Crippen LogP contribution in [0.4, 0.5) is 4.39 Å². The summed E-state index contributed by atoms with van der Waals surface area (Å²) < 4.78 is 18.9. The molecule has 1 aromatic carbocycles. The molecule has 0 amide bonds. The molecular formula is C14H22FNO2. The van der Waals surface area contributed by atoms with Crippen LogP contribution in [0, 0.1) is 5.82 Å². The van der Waals surface area contributed by atoms with Gasteiger partial charge in [-0.05, 0) is 39.6 Å². The SMILES string of the molecule is COc1cccc(CC(O)C(C)(C)N(C)C)c1F. The molecule has 0 fully saturated rings. The van der Waals surface area contributed by atoms with Crippen LogP contribution in [0.5, 0.6) is 5.75 Å². The molecule has 0 heterocycles. The number of rotatable bonds is 5. The summed E-state index contributed by atoms with van der Waals surface area (Å²) >= 11 is 0. The van der Waals surface area contributed by atoms with Crippen molar-refractivity contribution in [2.24, 2.45) is 0 Å². The van der Waals surface area contributed by atoms with Crippen molar-refractivity contribution in [2.45, 2.75) is 31.9 Å². The van der Waals surface area contributed by atoms with Gasteiger partial charge in [-0.15, -0.1) is 0 Å². The average Bonchev–Trinajstić information content (AvgIpc) is 2.31. The van der Waals surface area contributed by atoms with Crippen LogP contribution < -0.4 is 4.74 Å². The van der Waals surface area contributed by atoms with E-state index >= 15 is 0 Å². The molecule has 0 bridgehead atoms. The van der Waals surface area contributed by atoms with Crippen LogP contribution in [0.25, 0.3) is 0 Å². The first-order valence-electron chi connectivity index (χ1n) is 5.97. The van der Waals surface area contributed by atoms with Crippen LogP contribution in [-0.4, -0.2) is 42.9 Å². The van der Waals surface area contributed by atoms with Crippen molar-refractivity contribution in [2.75, 3.05) is 21.2 Å². The van der Waals surface area contributed by atoms with Gasteiger partial charge < -0.3 is 14.7 Å². The van der Waals surface area contributed by atoms with Gasteiger partial charge in [-0.1, -0.05) is 12.1 Å². The van der Waals surface area contributed by atoms with Gasteiger partial charge in [-0.25, -0.2) is 4.39 Å². The summed E-state index contributed by atoms with van der Waals surface area (Å²) in [5, 5.41) is 10.2. The molecular weight excluding hydrogens is 233 g/mol. The van der Waals surface area contributed by atoms with Crippen molar-refractivity contribution in [3.8, 4) is 5.75 Å². The summed E-state index contributed by atoms with van der Waals surface area (Å²) in [4.78, 5) is 1.93. The van der Waals surface area contributed by atoms with Crippen LogP contribution in [0.15, 0.2) is 18.2 Å². The van der Waals surface area contributed by atoms with Crippen LogP contribution in [0.2, 0.25) is 0 Å². The molecule has 0 saturated heterocycles. The predicted octanol–water partition coefficient (Wildman–Crippen LogP) is 2.08. The molecule has 0 aliphatic rings. The van der Waals surface area contributed by atoms with E-state index in [4.69, 9.17) is 4.74 Å². The average molecular weight is 255 g/mol. The lowest BCUT2D eigenvalue weighted by Gasteiger charge is -2.37. The second kappa shape index (κ2) is 5.67. The Morgan fingerprint density at radius 2 is 2.00 bits per heavy atom. The van der Waals surface area contributed by atoms with Crippen molar-refractivity contribution in [3.05, 3.63) is 29.6 Å². The third-order valence-corrected chi connectivity index (χ3v) is 3.64. The third-order valence-electron chi connectivity index (χ3n) is 3.64. The minimum absolute atomic E-state index is 0.211. The highest BCUT2D eigenvalue weighted by Gasteiger charge is 2.30. The van der Waals surface area contributed by atoms with E-state index in [2.05, 4.69) is 0 Å². The Morgan fingerprint density at radius 1 is 1.39 bits per heavy atom. The van der Waals surface area contributed by atoms with Gasteiger partial charge >= 0.3 is 0 Å². The topological polar surface area (TPSA) is 32.7 Å². The Labute approximate surface area is 108 Å². The number of hydrogen-bond acceptors (Lipinski definition) is 3. The summed E-state index contributed by atoms with van der Waals surface area (Å²) in [6.07, 6.45) is -0.400. The quantitative estimate of drug-likeness (QED) is 0.874. The maximum atomic E-state index is 14.0. The van der Waals surface area contributed by atoms with Crippen molar-refractivity contribution in [1.29, 1.82) is 0 Å². The molecule has 0 aromatic heterocycles. The Bertz CT molecular complexity index is 405. The van der Waals surface area contributed by atoms with Gasteiger partial charge in [0.05, 0.1) is 13.2 Å². The van der Waals surface area contributed by atoms with Gasteiger partial charge in [-0.2, -0.15) is 0 Å². The van der Waals surface area contributed by atoms with E-state index in [1.54, 1.807) is 18.2 Å². The standard InChI is InChI=1S/C14H22FNO2/c1-14(2,16(3)4)12(17)9-10-7-6-8-11(18-5)13(10)15/h6-8,12,17H,9H2,1-5H3. The molecule has 1 unspecified atom stereocenters. The molecule has 18 heavy (non-hydrogen) atoms. The summed E-state index contributed by atoms with van der Waals surface area (Å²) in [6.45, 7) is 3.85. The molecule has 3 nitrogen and oxygen atoms in total. The van der Waals surface area contributed by atoms with Gasteiger partial charge in [-0.3, -0.25) is 0 Å². The Morgan fingerprint density at radius 3 is 2.50 bits per heavy atom. The molecule has 102 valence electrons. The molecule has 1 rings (SSSR count). The summed E-state index contributed by atoms with van der Waals surface area (Å²) in [5.41, 5.74) is 0.0481. The molecule has 1 N–H and O–H groups in total. The highest BCUT2D eigenvalue weighted by atomic mass is 19.1. The first-order chi connectivity index (χ1) is 8.30. The fraction of sp³-hybridized carbons (Fsp3) is 0.571. The first-order valence-corrected chi connectivity index (χ1v) is 5.97. The number of aliphatic hydroxyl groups excluding tert-OH is 1. The second-order valence-electron chi connectivity index (χ2n) is 5.20. The van der Waals surface area contributed by atoms with Crippen LogP contribution in [0.3, 0.4) is 0 Å². The third kappa shape index (κ3) is 3.00. The fourth-order valence-corrected chi connectivity index (χ4v) is 1.63. The monoisotopic (exact) mass is 255 g/mol. The fourth-order valence-electron chi connectivity index (χ4n) is 1.63. The predicted molar refractivity (Wildman–Crippen MR) is 70.4 cm³/mol. The van der Waals surface area contributed by atoms with Gasteiger partial charge in [0, 0.05) is 12.0 Å². The number of halogens is 1. The highest BCUT2D eigenvalue weighted by molar-refractivity contribution is 5.31. The van der Waals surface area contributed by atoms with Crippen LogP contribution >= 0.6 is 0 Å². The minimum Gasteiger partial charge on any atom is -0.494 e. The Hall–Kier alpha value is -1.13. The van der Waals surface area contributed by atoms with E-state index in [0.29, 0.717) is 5.56 Å². The lowest BCUT2D eigenvalue weighted by molar-refractivity contribution is 0.0177.